The van der Waals surface area contributed by atoms with E-state index in [9.17, 15) is 14.7 Å². The van der Waals surface area contributed by atoms with E-state index in [1.165, 1.54) is 11.8 Å². The molecule has 6 nitrogen and oxygen atoms in total. The Hall–Kier alpha value is -2.06. The number of carboxylic acids is 1. The molecule has 2 aromatic rings. The number of hydrogen-bond donors (Lipinski definition) is 2. The van der Waals surface area contributed by atoms with E-state index in [1.54, 1.807) is 12.4 Å². The quantitative estimate of drug-likeness (QED) is 0.674. The van der Waals surface area contributed by atoms with Gasteiger partial charge in [-0.2, -0.15) is 11.8 Å². The zero-order valence-electron chi connectivity index (χ0n) is 13.2. The zero-order valence-corrected chi connectivity index (χ0v) is 15.6. The summed E-state index contributed by atoms with van der Waals surface area (Å²) in [5.74, 6) is -0.282. The average Bonchev–Trinajstić information content (AvgIpc) is 2.60. The normalized spacial score (nSPS) is 11.6. The number of halogens is 1. The van der Waals surface area contributed by atoms with Crippen LogP contribution < -0.4 is 5.32 Å². The number of aliphatic carboxylic acids is 1. The van der Waals surface area contributed by atoms with Crippen LogP contribution in [0.1, 0.15) is 11.1 Å². The van der Waals surface area contributed by atoms with Gasteiger partial charge >= 0.3 is 12.1 Å². The number of carbonyl (C=O) groups is 2. The van der Waals surface area contributed by atoms with Gasteiger partial charge in [-0.05, 0) is 33.1 Å². The number of rotatable bonds is 8. The van der Waals surface area contributed by atoms with Gasteiger partial charge in [0, 0.05) is 28.4 Å². The number of benzene rings is 1. The molecular weight excluding hydrogens is 408 g/mol. The number of nitrogens with one attached hydrogen (secondary N) is 1. The van der Waals surface area contributed by atoms with E-state index in [2.05, 4.69) is 26.2 Å². The van der Waals surface area contributed by atoms with Crippen LogP contribution in [-0.2, 0) is 21.9 Å². The Morgan fingerprint density at radius 1 is 1.24 bits per heavy atom. The van der Waals surface area contributed by atoms with E-state index in [0.717, 1.165) is 15.6 Å². The topological polar surface area (TPSA) is 88.5 Å². The van der Waals surface area contributed by atoms with Gasteiger partial charge in [-0.15, -0.1) is 0 Å². The molecule has 1 amide bonds. The molecule has 1 unspecified atom stereocenters. The molecule has 0 saturated heterocycles. The summed E-state index contributed by atoms with van der Waals surface area (Å²) in [6.07, 6.45) is 2.65. The van der Waals surface area contributed by atoms with E-state index < -0.39 is 18.1 Å². The second-order valence-corrected chi connectivity index (χ2v) is 7.07. The van der Waals surface area contributed by atoms with Gasteiger partial charge in [0.15, 0.2) is 0 Å². The number of carboxylic acid groups (broad SMARTS) is 1. The Morgan fingerprint density at radius 2 is 2.00 bits per heavy atom. The highest BCUT2D eigenvalue weighted by atomic mass is 79.9. The van der Waals surface area contributed by atoms with Gasteiger partial charge in [0.1, 0.15) is 12.6 Å². The van der Waals surface area contributed by atoms with Gasteiger partial charge in [-0.25, -0.2) is 9.59 Å². The Bertz CT molecular complexity index is 715. The summed E-state index contributed by atoms with van der Waals surface area (Å²) in [5, 5.41) is 11.6. The highest BCUT2D eigenvalue weighted by molar-refractivity contribution is 9.10. The van der Waals surface area contributed by atoms with Crippen molar-refractivity contribution in [1.82, 2.24) is 10.3 Å². The molecule has 0 aliphatic carbocycles. The second kappa shape index (κ2) is 10.0. The maximum absolute atomic E-state index is 11.8. The lowest BCUT2D eigenvalue weighted by molar-refractivity contribution is -0.138. The number of pyridine rings is 1. The monoisotopic (exact) mass is 424 g/mol. The van der Waals surface area contributed by atoms with Crippen LogP contribution in [0.5, 0.6) is 0 Å². The van der Waals surface area contributed by atoms with Crippen LogP contribution in [0.4, 0.5) is 4.79 Å². The molecule has 0 aliphatic heterocycles. The Labute approximate surface area is 158 Å². The number of ether oxygens (including phenoxy) is 1. The second-order valence-electron chi connectivity index (χ2n) is 5.12. The number of carbonyl (C=O) groups excluding carboxylic acids is 1. The molecule has 25 heavy (non-hydrogen) atoms. The van der Waals surface area contributed by atoms with Crippen molar-refractivity contribution in [2.24, 2.45) is 0 Å². The summed E-state index contributed by atoms with van der Waals surface area (Å²) in [5.41, 5.74) is 1.80. The molecule has 1 heterocycles. The van der Waals surface area contributed by atoms with Crippen LogP contribution in [-0.4, -0.2) is 33.9 Å². The maximum Gasteiger partial charge on any atom is 0.408 e. The van der Waals surface area contributed by atoms with Crippen molar-refractivity contribution in [2.45, 2.75) is 18.4 Å². The lowest BCUT2D eigenvalue weighted by Gasteiger charge is -2.14. The van der Waals surface area contributed by atoms with Crippen LogP contribution in [0.2, 0.25) is 0 Å². The van der Waals surface area contributed by atoms with Crippen molar-refractivity contribution in [1.29, 1.82) is 0 Å². The van der Waals surface area contributed by atoms with E-state index in [4.69, 9.17) is 4.74 Å². The molecule has 1 atom stereocenters. The Morgan fingerprint density at radius 3 is 2.68 bits per heavy atom. The molecule has 132 valence electrons. The van der Waals surface area contributed by atoms with Crippen molar-refractivity contribution < 1.29 is 19.4 Å². The SMILES string of the molecule is O=C(NC(CSCc1cncc(Br)c1)C(=O)O)OCc1ccccc1. The Balaban J connectivity index is 1.77. The fourth-order valence-electron chi connectivity index (χ4n) is 1.91. The molecule has 0 bridgehead atoms. The summed E-state index contributed by atoms with van der Waals surface area (Å²) in [4.78, 5) is 27.1. The minimum atomic E-state index is -1.10. The summed E-state index contributed by atoms with van der Waals surface area (Å²) in [6, 6.07) is 10.1. The van der Waals surface area contributed by atoms with Gasteiger partial charge in [0.25, 0.3) is 0 Å². The molecule has 2 N–H and O–H groups in total. The Kier molecular flexibility index (Phi) is 7.75. The summed E-state index contributed by atoms with van der Waals surface area (Å²) >= 11 is 4.73. The van der Waals surface area contributed by atoms with Gasteiger partial charge in [-0.3, -0.25) is 4.98 Å². The van der Waals surface area contributed by atoms with E-state index in [1.807, 2.05) is 36.4 Å². The third-order valence-corrected chi connectivity index (χ3v) is 4.66. The van der Waals surface area contributed by atoms with E-state index in [0.29, 0.717) is 5.75 Å². The average molecular weight is 425 g/mol. The first-order chi connectivity index (χ1) is 12.0. The first kappa shape index (κ1) is 19.3. The smallest absolute Gasteiger partial charge is 0.408 e. The summed E-state index contributed by atoms with van der Waals surface area (Å²) in [6.45, 7) is 0.0931. The summed E-state index contributed by atoms with van der Waals surface area (Å²) < 4.78 is 5.91. The molecule has 0 fully saturated rings. The van der Waals surface area contributed by atoms with Crippen molar-refractivity contribution in [2.75, 3.05) is 5.75 Å². The predicted octanol–water partition coefficient (Wildman–Crippen LogP) is 3.46. The zero-order chi connectivity index (χ0) is 18.1. The highest BCUT2D eigenvalue weighted by Gasteiger charge is 2.20. The largest absolute Gasteiger partial charge is 0.480 e. The standard InChI is InChI=1S/C17H17BrN2O4S/c18-14-6-13(7-19-8-14)10-25-11-15(16(21)22)20-17(23)24-9-12-4-2-1-3-5-12/h1-8,15H,9-11H2,(H,20,23)(H,21,22). The number of aromatic nitrogens is 1. The summed E-state index contributed by atoms with van der Waals surface area (Å²) in [7, 11) is 0. The van der Waals surface area contributed by atoms with Crippen LogP contribution >= 0.6 is 27.7 Å². The van der Waals surface area contributed by atoms with Crippen molar-refractivity contribution in [3.63, 3.8) is 0 Å². The minimum Gasteiger partial charge on any atom is -0.480 e. The van der Waals surface area contributed by atoms with Gasteiger partial charge in [0.05, 0.1) is 0 Å². The van der Waals surface area contributed by atoms with Crippen LogP contribution in [0.15, 0.2) is 53.3 Å². The van der Waals surface area contributed by atoms with Crippen molar-refractivity contribution in [3.05, 3.63) is 64.4 Å². The first-order valence-corrected chi connectivity index (χ1v) is 9.36. The molecule has 0 radical (unpaired) electrons. The predicted molar refractivity (Wildman–Crippen MR) is 99.3 cm³/mol. The van der Waals surface area contributed by atoms with E-state index >= 15 is 0 Å². The lowest BCUT2D eigenvalue weighted by atomic mass is 10.2. The number of amides is 1. The molecule has 1 aromatic heterocycles. The van der Waals surface area contributed by atoms with Crippen molar-refractivity contribution >= 4 is 39.8 Å². The molecule has 1 aromatic carbocycles. The molecule has 0 aliphatic rings. The molecular formula is C17H17BrN2O4S. The van der Waals surface area contributed by atoms with Gasteiger partial charge in [-0.1, -0.05) is 30.3 Å². The minimum absolute atomic E-state index is 0.0931. The van der Waals surface area contributed by atoms with Gasteiger partial charge in [0.2, 0.25) is 0 Å². The number of nitrogens with zero attached hydrogens (tertiary/aromatic N) is 1. The molecule has 8 heteroatoms. The van der Waals surface area contributed by atoms with Crippen LogP contribution in [0.25, 0.3) is 0 Å². The van der Waals surface area contributed by atoms with Crippen LogP contribution in [0.3, 0.4) is 0 Å². The fraction of sp³-hybridized carbons (Fsp3) is 0.235. The number of thioether (sulfide) groups is 1. The van der Waals surface area contributed by atoms with E-state index in [-0.39, 0.29) is 12.4 Å². The number of alkyl carbamates (subject to hydrolysis) is 1. The molecule has 0 spiro atoms. The fourth-order valence-corrected chi connectivity index (χ4v) is 3.30. The van der Waals surface area contributed by atoms with Crippen LogP contribution in [0, 0.1) is 0 Å². The molecule has 2 rings (SSSR count). The third kappa shape index (κ3) is 7.15. The maximum atomic E-state index is 11.8. The third-order valence-electron chi connectivity index (χ3n) is 3.12. The highest BCUT2D eigenvalue weighted by Crippen LogP contribution is 2.16. The number of hydrogen-bond acceptors (Lipinski definition) is 5. The molecule has 0 saturated carbocycles. The first-order valence-electron chi connectivity index (χ1n) is 7.42. The van der Waals surface area contributed by atoms with Crippen molar-refractivity contribution in [3.8, 4) is 0 Å². The van der Waals surface area contributed by atoms with Gasteiger partial charge < -0.3 is 15.2 Å². The lowest BCUT2D eigenvalue weighted by Crippen LogP contribution is -2.42.